The van der Waals surface area contributed by atoms with Gasteiger partial charge in [0.1, 0.15) is 0 Å². The Hall–Kier alpha value is -2.08. The van der Waals surface area contributed by atoms with Crippen molar-refractivity contribution in [2.45, 2.75) is 33.1 Å². The molecule has 0 bridgehead atoms. The molecule has 0 fully saturated rings. The minimum Gasteiger partial charge on any atom is -0.0984 e. The minimum absolute atomic E-state index is 1.09. The maximum absolute atomic E-state index is 4.26. The molecular formula is C21H24. The van der Waals surface area contributed by atoms with Crippen molar-refractivity contribution in [3.8, 4) is 0 Å². The predicted molar refractivity (Wildman–Crippen MR) is 94.3 cm³/mol. The zero-order chi connectivity index (χ0) is 15.2. The van der Waals surface area contributed by atoms with Gasteiger partial charge in [0.25, 0.3) is 0 Å². The number of hydrogen-bond acceptors (Lipinski definition) is 0. The molecule has 0 heterocycles. The van der Waals surface area contributed by atoms with E-state index in [0.717, 1.165) is 24.0 Å². The van der Waals surface area contributed by atoms with Crippen molar-refractivity contribution in [3.05, 3.63) is 89.6 Å². The van der Waals surface area contributed by atoms with Crippen LogP contribution in [0.25, 0.3) is 5.57 Å². The highest BCUT2D eigenvalue weighted by Crippen LogP contribution is 2.26. The van der Waals surface area contributed by atoms with Crippen LogP contribution in [-0.2, 0) is 0 Å². The van der Waals surface area contributed by atoms with E-state index in [4.69, 9.17) is 0 Å². The summed E-state index contributed by atoms with van der Waals surface area (Å²) in [6.45, 7) is 12.5. The lowest BCUT2D eigenvalue weighted by Crippen LogP contribution is -1.91. The van der Waals surface area contributed by atoms with E-state index < -0.39 is 0 Å². The minimum atomic E-state index is 1.09. The molecule has 1 aliphatic carbocycles. The van der Waals surface area contributed by atoms with Crippen molar-refractivity contribution in [2.24, 2.45) is 0 Å². The average molecular weight is 276 g/mol. The Morgan fingerprint density at radius 3 is 2.81 bits per heavy atom. The van der Waals surface area contributed by atoms with E-state index in [1.54, 1.807) is 0 Å². The van der Waals surface area contributed by atoms with Crippen LogP contribution in [0.3, 0.4) is 0 Å². The Morgan fingerprint density at radius 1 is 1.24 bits per heavy atom. The molecule has 0 aromatic heterocycles. The first-order valence-corrected chi connectivity index (χ1v) is 7.58. The molecule has 0 aliphatic heterocycles. The largest absolute Gasteiger partial charge is 0.0984 e. The van der Waals surface area contributed by atoms with E-state index in [-0.39, 0.29) is 0 Å². The highest BCUT2D eigenvalue weighted by molar-refractivity contribution is 5.78. The lowest BCUT2D eigenvalue weighted by Gasteiger charge is -2.11. The number of aryl methyl sites for hydroxylation is 2. The SMILES string of the molecule is C=CC(=CC(=C)C1=CC=CCCC1)c1cc(C)ccc1C. The molecule has 1 aromatic rings. The molecule has 2 rings (SSSR count). The van der Waals surface area contributed by atoms with Gasteiger partial charge in [-0.2, -0.15) is 0 Å². The van der Waals surface area contributed by atoms with Gasteiger partial charge in [0, 0.05) is 0 Å². The van der Waals surface area contributed by atoms with Gasteiger partial charge in [-0.05, 0) is 67.0 Å². The monoisotopic (exact) mass is 276 g/mol. The fourth-order valence-electron chi connectivity index (χ4n) is 2.62. The van der Waals surface area contributed by atoms with Crippen LogP contribution in [0.4, 0.5) is 0 Å². The molecule has 0 N–H and O–H groups in total. The first-order chi connectivity index (χ1) is 10.1. The van der Waals surface area contributed by atoms with Gasteiger partial charge < -0.3 is 0 Å². The second-order valence-corrected chi connectivity index (χ2v) is 5.66. The zero-order valence-corrected chi connectivity index (χ0v) is 13.2. The van der Waals surface area contributed by atoms with Gasteiger partial charge in [0.05, 0.1) is 0 Å². The molecule has 0 radical (unpaired) electrons. The Balaban J connectivity index is 2.34. The van der Waals surface area contributed by atoms with Crippen LogP contribution in [0.5, 0.6) is 0 Å². The average Bonchev–Trinajstić information content (AvgIpc) is 2.76. The number of hydrogen-bond donors (Lipinski definition) is 0. The van der Waals surface area contributed by atoms with E-state index in [2.05, 4.69) is 69.5 Å². The summed E-state index contributed by atoms with van der Waals surface area (Å²) in [6.07, 6.45) is 14.1. The Morgan fingerprint density at radius 2 is 2.05 bits per heavy atom. The first kappa shape index (κ1) is 15.3. The van der Waals surface area contributed by atoms with Gasteiger partial charge in [-0.1, -0.05) is 61.2 Å². The molecule has 0 spiro atoms. The third-order valence-corrected chi connectivity index (χ3v) is 3.92. The predicted octanol–water partition coefficient (Wildman–Crippen LogP) is 6.10. The maximum atomic E-state index is 4.26. The highest BCUT2D eigenvalue weighted by atomic mass is 14.1. The van der Waals surface area contributed by atoms with Crippen molar-refractivity contribution in [3.63, 3.8) is 0 Å². The smallest absolute Gasteiger partial charge is 0.0152 e. The summed E-state index contributed by atoms with van der Waals surface area (Å²) in [6, 6.07) is 6.53. The van der Waals surface area contributed by atoms with Gasteiger partial charge in [0.15, 0.2) is 0 Å². The molecule has 108 valence electrons. The molecule has 1 aromatic carbocycles. The summed E-state index contributed by atoms with van der Waals surface area (Å²) in [7, 11) is 0. The summed E-state index contributed by atoms with van der Waals surface area (Å²) >= 11 is 0. The van der Waals surface area contributed by atoms with Gasteiger partial charge >= 0.3 is 0 Å². The third kappa shape index (κ3) is 3.95. The Labute approximate surface area is 128 Å². The van der Waals surface area contributed by atoms with Gasteiger partial charge in [0.2, 0.25) is 0 Å². The molecule has 21 heavy (non-hydrogen) atoms. The molecule has 0 saturated carbocycles. The summed E-state index contributed by atoms with van der Waals surface area (Å²) in [4.78, 5) is 0. The second kappa shape index (κ2) is 7.08. The van der Waals surface area contributed by atoms with Crippen molar-refractivity contribution in [1.29, 1.82) is 0 Å². The standard InChI is InChI=1S/C21H24/c1-5-19(21-14-16(2)12-13-17(21)3)15-18(4)20-10-8-6-7-9-11-20/h5-6,8,10,12-15H,1,4,7,9,11H2,2-3H3. The van der Waals surface area contributed by atoms with Crippen molar-refractivity contribution in [1.82, 2.24) is 0 Å². The van der Waals surface area contributed by atoms with Crippen LogP contribution in [-0.4, -0.2) is 0 Å². The van der Waals surface area contributed by atoms with E-state index in [9.17, 15) is 0 Å². The number of benzene rings is 1. The normalized spacial score (nSPS) is 15.3. The Bertz CT molecular complexity index is 636. The molecule has 0 heteroatoms. The molecule has 0 amide bonds. The van der Waals surface area contributed by atoms with E-state index >= 15 is 0 Å². The van der Waals surface area contributed by atoms with Crippen LogP contribution < -0.4 is 0 Å². The fraction of sp³-hybridized carbons (Fsp3) is 0.238. The molecule has 0 saturated heterocycles. The highest BCUT2D eigenvalue weighted by Gasteiger charge is 2.06. The molecule has 0 unspecified atom stereocenters. The molecule has 0 atom stereocenters. The number of rotatable bonds is 4. The van der Waals surface area contributed by atoms with Gasteiger partial charge in [-0.15, -0.1) is 0 Å². The first-order valence-electron chi connectivity index (χ1n) is 7.58. The quantitative estimate of drug-likeness (QED) is 0.583. The van der Waals surface area contributed by atoms with Crippen LogP contribution in [0, 0.1) is 13.8 Å². The summed E-state index contributed by atoms with van der Waals surface area (Å²) in [5.41, 5.74) is 7.36. The van der Waals surface area contributed by atoms with E-state index in [0.29, 0.717) is 0 Å². The lowest BCUT2D eigenvalue weighted by molar-refractivity contribution is 0.850. The van der Waals surface area contributed by atoms with Crippen LogP contribution in [0.15, 0.2) is 72.9 Å². The van der Waals surface area contributed by atoms with Crippen LogP contribution in [0.2, 0.25) is 0 Å². The molecule has 1 aliphatic rings. The van der Waals surface area contributed by atoms with E-state index in [1.165, 1.54) is 28.7 Å². The zero-order valence-electron chi connectivity index (χ0n) is 13.2. The fourth-order valence-corrected chi connectivity index (χ4v) is 2.62. The number of allylic oxidation sites excluding steroid dienone is 8. The third-order valence-electron chi connectivity index (χ3n) is 3.92. The summed E-state index contributed by atoms with van der Waals surface area (Å²) < 4.78 is 0. The van der Waals surface area contributed by atoms with E-state index in [1.807, 2.05) is 6.08 Å². The maximum Gasteiger partial charge on any atom is -0.0152 e. The van der Waals surface area contributed by atoms with Gasteiger partial charge in [-0.25, -0.2) is 0 Å². The summed E-state index contributed by atoms with van der Waals surface area (Å²) in [5.74, 6) is 0. The second-order valence-electron chi connectivity index (χ2n) is 5.66. The topological polar surface area (TPSA) is 0 Å². The lowest BCUT2D eigenvalue weighted by atomic mass is 9.94. The van der Waals surface area contributed by atoms with Gasteiger partial charge in [-0.3, -0.25) is 0 Å². The van der Waals surface area contributed by atoms with Crippen molar-refractivity contribution >= 4 is 5.57 Å². The van der Waals surface area contributed by atoms with Crippen LogP contribution in [0.1, 0.15) is 36.0 Å². The van der Waals surface area contributed by atoms with Crippen LogP contribution >= 0.6 is 0 Å². The van der Waals surface area contributed by atoms with Crippen molar-refractivity contribution < 1.29 is 0 Å². The summed E-state index contributed by atoms with van der Waals surface area (Å²) in [5, 5.41) is 0. The molecule has 0 nitrogen and oxygen atoms in total. The Kier molecular flexibility index (Phi) is 5.16. The van der Waals surface area contributed by atoms with Crippen molar-refractivity contribution in [2.75, 3.05) is 0 Å². The molecular weight excluding hydrogens is 252 g/mol.